The minimum Gasteiger partial charge on any atom is -0.336 e. The molecule has 2 N–H and O–H groups in total. The van der Waals surface area contributed by atoms with Crippen molar-refractivity contribution in [1.82, 2.24) is 4.68 Å². The average molecular weight is 160 g/mol. The summed E-state index contributed by atoms with van der Waals surface area (Å²) < 4.78 is 1.15. The van der Waals surface area contributed by atoms with Crippen LogP contribution in [0.5, 0.6) is 0 Å². The van der Waals surface area contributed by atoms with E-state index in [1.54, 1.807) is 6.07 Å². The highest BCUT2D eigenvalue weighted by molar-refractivity contribution is 5.78. The molecule has 2 aromatic rings. The van der Waals surface area contributed by atoms with Crippen LogP contribution in [0.25, 0.3) is 10.9 Å². The zero-order valence-electron chi connectivity index (χ0n) is 6.40. The van der Waals surface area contributed by atoms with Crippen LogP contribution in [0.4, 0.5) is 0 Å². The Morgan fingerprint density at radius 3 is 2.67 bits per heavy atom. The van der Waals surface area contributed by atoms with E-state index in [1.165, 1.54) is 6.07 Å². The van der Waals surface area contributed by atoms with Crippen molar-refractivity contribution in [2.75, 3.05) is 5.84 Å². The molecule has 12 heavy (non-hydrogen) atoms. The number of fused-ring (bicyclic) bond motifs is 1. The molecule has 1 heterocycles. The van der Waals surface area contributed by atoms with Crippen LogP contribution in [0.2, 0.25) is 0 Å². The van der Waals surface area contributed by atoms with E-state index in [0.29, 0.717) is 0 Å². The fraction of sp³-hybridized carbons (Fsp3) is 0. The van der Waals surface area contributed by atoms with Gasteiger partial charge in [-0.25, -0.2) is 4.68 Å². The van der Waals surface area contributed by atoms with Crippen molar-refractivity contribution in [2.45, 2.75) is 0 Å². The summed E-state index contributed by atoms with van der Waals surface area (Å²) in [4.78, 5) is 11.1. The maximum absolute atomic E-state index is 11.1. The van der Waals surface area contributed by atoms with Gasteiger partial charge in [0.25, 0.3) is 5.56 Å². The third kappa shape index (κ3) is 0.871. The Morgan fingerprint density at radius 1 is 1.08 bits per heavy atom. The maximum Gasteiger partial charge on any atom is 0.269 e. The number of hydrogen-bond donors (Lipinski definition) is 1. The van der Waals surface area contributed by atoms with Crippen LogP contribution in [-0.2, 0) is 0 Å². The van der Waals surface area contributed by atoms with Gasteiger partial charge in [0.1, 0.15) is 0 Å². The summed E-state index contributed by atoms with van der Waals surface area (Å²) in [6.07, 6.45) is 0. The van der Waals surface area contributed by atoms with E-state index in [-0.39, 0.29) is 5.56 Å². The predicted molar refractivity (Wildman–Crippen MR) is 48.4 cm³/mol. The van der Waals surface area contributed by atoms with Crippen LogP contribution in [0.1, 0.15) is 0 Å². The summed E-state index contributed by atoms with van der Waals surface area (Å²) >= 11 is 0. The summed E-state index contributed by atoms with van der Waals surface area (Å²) in [5.41, 5.74) is 0.568. The molecule has 1 aromatic heterocycles. The van der Waals surface area contributed by atoms with E-state index in [1.807, 2.05) is 24.3 Å². The lowest BCUT2D eigenvalue weighted by Crippen LogP contribution is -2.26. The van der Waals surface area contributed by atoms with Gasteiger partial charge in [-0.1, -0.05) is 18.2 Å². The molecule has 0 radical (unpaired) electrons. The molecule has 1 aromatic carbocycles. The largest absolute Gasteiger partial charge is 0.336 e. The Hall–Kier alpha value is -1.77. The molecule has 3 heteroatoms. The molecule has 0 aliphatic rings. The second-order valence-electron chi connectivity index (χ2n) is 2.60. The average Bonchev–Trinajstić information content (AvgIpc) is 2.12. The monoisotopic (exact) mass is 160 g/mol. The van der Waals surface area contributed by atoms with Crippen LogP contribution >= 0.6 is 0 Å². The van der Waals surface area contributed by atoms with Crippen LogP contribution in [0.3, 0.4) is 0 Å². The predicted octanol–water partition coefficient (Wildman–Crippen LogP) is 0.715. The molecule has 0 saturated heterocycles. The number of pyridine rings is 1. The van der Waals surface area contributed by atoms with Gasteiger partial charge in [0, 0.05) is 11.5 Å². The second-order valence-corrected chi connectivity index (χ2v) is 2.60. The Morgan fingerprint density at radius 2 is 1.83 bits per heavy atom. The van der Waals surface area contributed by atoms with Crippen molar-refractivity contribution in [3.63, 3.8) is 0 Å². The second kappa shape index (κ2) is 2.37. The first-order chi connectivity index (χ1) is 5.79. The summed E-state index contributed by atoms with van der Waals surface area (Å²) in [6, 6.07) is 10.7. The molecule has 0 bridgehead atoms. The Balaban J connectivity index is 3.01. The molecule has 2 rings (SSSR count). The highest BCUT2D eigenvalue weighted by atomic mass is 16.1. The molecule has 0 amide bonds. The minimum atomic E-state index is -0.186. The molecule has 0 aliphatic heterocycles. The fourth-order valence-electron chi connectivity index (χ4n) is 1.21. The molecule has 0 fully saturated rings. The first-order valence-electron chi connectivity index (χ1n) is 3.65. The number of aromatic nitrogens is 1. The number of nitrogen functional groups attached to an aromatic ring is 1. The highest BCUT2D eigenvalue weighted by Crippen LogP contribution is 2.07. The van der Waals surface area contributed by atoms with Crippen molar-refractivity contribution < 1.29 is 0 Å². The molecule has 0 spiro atoms. The zero-order valence-corrected chi connectivity index (χ0v) is 6.40. The normalized spacial score (nSPS) is 10.3. The Bertz CT molecular complexity index is 473. The van der Waals surface area contributed by atoms with Crippen molar-refractivity contribution in [1.29, 1.82) is 0 Å². The van der Waals surface area contributed by atoms with Crippen LogP contribution < -0.4 is 11.4 Å². The zero-order chi connectivity index (χ0) is 8.55. The van der Waals surface area contributed by atoms with Gasteiger partial charge in [-0.3, -0.25) is 4.79 Å². The summed E-state index contributed by atoms with van der Waals surface area (Å²) in [5, 5.41) is 0.972. The van der Waals surface area contributed by atoms with Gasteiger partial charge < -0.3 is 5.84 Å². The molecule has 3 nitrogen and oxygen atoms in total. The number of nitrogens with two attached hydrogens (primary N) is 1. The van der Waals surface area contributed by atoms with E-state index in [0.717, 1.165) is 15.6 Å². The fourth-order valence-corrected chi connectivity index (χ4v) is 1.21. The van der Waals surface area contributed by atoms with Gasteiger partial charge in [-0.05, 0) is 12.1 Å². The van der Waals surface area contributed by atoms with Crippen molar-refractivity contribution in [3.05, 3.63) is 46.8 Å². The highest BCUT2D eigenvalue weighted by Gasteiger charge is 1.96. The molecule has 0 atom stereocenters. The SMILES string of the molecule is Nn1c(=O)ccc2ccccc21. The first-order valence-corrected chi connectivity index (χ1v) is 3.65. The minimum absolute atomic E-state index is 0.186. The Labute approximate surface area is 69.0 Å². The summed E-state index contributed by atoms with van der Waals surface area (Å²) in [6.45, 7) is 0. The molecule has 0 unspecified atom stereocenters. The molecular weight excluding hydrogens is 152 g/mol. The lowest BCUT2D eigenvalue weighted by molar-refractivity contribution is 0.989. The first kappa shape index (κ1) is 6.91. The van der Waals surface area contributed by atoms with Gasteiger partial charge in [-0.15, -0.1) is 0 Å². The van der Waals surface area contributed by atoms with E-state index < -0.39 is 0 Å². The third-order valence-corrected chi connectivity index (χ3v) is 1.84. The third-order valence-electron chi connectivity index (χ3n) is 1.84. The van der Waals surface area contributed by atoms with E-state index >= 15 is 0 Å². The van der Waals surface area contributed by atoms with Gasteiger partial charge in [0.15, 0.2) is 0 Å². The van der Waals surface area contributed by atoms with Crippen molar-refractivity contribution in [3.8, 4) is 0 Å². The van der Waals surface area contributed by atoms with E-state index in [9.17, 15) is 4.79 Å². The van der Waals surface area contributed by atoms with E-state index in [2.05, 4.69) is 0 Å². The maximum atomic E-state index is 11.1. The van der Waals surface area contributed by atoms with Gasteiger partial charge in [-0.2, -0.15) is 0 Å². The van der Waals surface area contributed by atoms with Gasteiger partial charge in [0.05, 0.1) is 5.52 Å². The molecule has 0 saturated carbocycles. The molecule has 60 valence electrons. The molecular formula is C9H8N2O. The van der Waals surface area contributed by atoms with Crippen LogP contribution in [0, 0.1) is 0 Å². The van der Waals surface area contributed by atoms with E-state index in [4.69, 9.17) is 5.84 Å². The Kier molecular flexibility index (Phi) is 1.37. The summed E-state index contributed by atoms with van der Waals surface area (Å²) in [5.74, 6) is 5.52. The number of benzene rings is 1. The summed E-state index contributed by atoms with van der Waals surface area (Å²) in [7, 11) is 0. The topological polar surface area (TPSA) is 48.0 Å². The van der Waals surface area contributed by atoms with Crippen molar-refractivity contribution >= 4 is 10.9 Å². The number of hydrogen-bond acceptors (Lipinski definition) is 2. The van der Waals surface area contributed by atoms with Crippen LogP contribution in [0.15, 0.2) is 41.2 Å². The van der Waals surface area contributed by atoms with Gasteiger partial charge >= 0.3 is 0 Å². The lowest BCUT2D eigenvalue weighted by Gasteiger charge is -2.01. The number of para-hydroxylation sites is 1. The van der Waals surface area contributed by atoms with Crippen molar-refractivity contribution in [2.24, 2.45) is 0 Å². The standard InChI is InChI=1S/C9H8N2O/c10-11-8-4-2-1-3-7(8)5-6-9(11)12/h1-6H,10H2. The number of rotatable bonds is 0. The lowest BCUT2D eigenvalue weighted by atomic mass is 10.2. The number of nitrogens with zero attached hydrogens (tertiary/aromatic N) is 1. The molecule has 0 aliphatic carbocycles. The van der Waals surface area contributed by atoms with Gasteiger partial charge in [0.2, 0.25) is 0 Å². The quantitative estimate of drug-likeness (QED) is 0.577. The van der Waals surface area contributed by atoms with Crippen LogP contribution in [-0.4, -0.2) is 4.68 Å². The smallest absolute Gasteiger partial charge is 0.269 e.